The number of hydrogen-bond acceptors (Lipinski definition) is 5. The molecule has 1 amide bonds. The van der Waals surface area contributed by atoms with E-state index in [4.69, 9.17) is 0 Å². The number of nitrogens with one attached hydrogen (secondary N) is 1. The van der Waals surface area contributed by atoms with Gasteiger partial charge in [0.05, 0.1) is 22.0 Å². The third-order valence-electron chi connectivity index (χ3n) is 4.32. The maximum Gasteiger partial charge on any atom is 0.280 e. The Kier molecular flexibility index (Phi) is 5.18. The lowest BCUT2D eigenvalue weighted by Gasteiger charge is -2.11. The molecule has 146 valence electrons. The van der Waals surface area contributed by atoms with E-state index in [1.165, 1.54) is 19.1 Å². The summed E-state index contributed by atoms with van der Waals surface area (Å²) in [6, 6.07) is 4.83. The molecule has 1 aliphatic carbocycles. The zero-order valence-electron chi connectivity index (χ0n) is 14.5. The summed E-state index contributed by atoms with van der Waals surface area (Å²) < 4.78 is 51.2. The van der Waals surface area contributed by atoms with Crippen molar-refractivity contribution in [3.63, 3.8) is 0 Å². The summed E-state index contributed by atoms with van der Waals surface area (Å²) in [6.07, 6.45) is -0.999. The maximum absolute atomic E-state index is 13.2. The molecule has 1 fully saturated rings. The number of aromatic nitrogens is 2. The highest BCUT2D eigenvalue weighted by atomic mass is 32.2. The van der Waals surface area contributed by atoms with E-state index in [9.17, 15) is 27.1 Å². The van der Waals surface area contributed by atoms with Crippen molar-refractivity contribution in [1.29, 1.82) is 0 Å². The number of anilines is 1. The second-order valence-corrected chi connectivity index (χ2v) is 8.64. The number of rotatable bonds is 7. The Balaban J connectivity index is 1.79. The van der Waals surface area contributed by atoms with Gasteiger partial charge < -0.3 is 10.4 Å². The summed E-state index contributed by atoms with van der Waals surface area (Å²) in [4.78, 5) is 12.2. The van der Waals surface area contributed by atoms with E-state index in [2.05, 4.69) is 10.4 Å². The zero-order valence-corrected chi connectivity index (χ0v) is 15.3. The number of phenolic OH excluding ortho intramolecular Hbond substituents is 1. The number of carbonyl (C=O) groups is 1. The number of alkyl halides is 2. The molecule has 2 aromatic rings. The SMILES string of the molecule is CCS(=O)(=O)c1ccc(O)c(NC(=O)Cn2nc(C3CC3)cc2C(F)F)c1. The van der Waals surface area contributed by atoms with Gasteiger partial charge >= 0.3 is 0 Å². The summed E-state index contributed by atoms with van der Waals surface area (Å²) in [5.74, 6) is -1.01. The molecule has 7 nitrogen and oxygen atoms in total. The number of benzene rings is 1. The van der Waals surface area contributed by atoms with E-state index in [-0.39, 0.29) is 33.7 Å². The molecule has 1 aromatic heterocycles. The van der Waals surface area contributed by atoms with Crippen LogP contribution in [0.25, 0.3) is 0 Å². The van der Waals surface area contributed by atoms with E-state index < -0.39 is 28.7 Å². The van der Waals surface area contributed by atoms with Gasteiger partial charge in [-0.2, -0.15) is 5.10 Å². The molecule has 10 heteroatoms. The molecule has 0 aliphatic heterocycles. The van der Waals surface area contributed by atoms with Crippen LogP contribution in [0.3, 0.4) is 0 Å². The van der Waals surface area contributed by atoms with E-state index in [0.717, 1.165) is 29.7 Å². The molecule has 3 rings (SSSR count). The van der Waals surface area contributed by atoms with Gasteiger partial charge in [-0.15, -0.1) is 0 Å². The Hall–Kier alpha value is -2.49. The first-order valence-electron chi connectivity index (χ1n) is 8.42. The van der Waals surface area contributed by atoms with Crippen molar-refractivity contribution in [3.8, 4) is 5.75 Å². The number of sulfone groups is 1. The molecule has 27 heavy (non-hydrogen) atoms. The van der Waals surface area contributed by atoms with Crippen molar-refractivity contribution in [3.05, 3.63) is 35.7 Å². The number of carbonyl (C=O) groups excluding carboxylic acids is 1. The zero-order chi connectivity index (χ0) is 19.8. The van der Waals surface area contributed by atoms with Crippen molar-refractivity contribution < 1.29 is 27.1 Å². The maximum atomic E-state index is 13.2. The van der Waals surface area contributed by atoms with Crippen LogP contribution in [0.1, 0.15) is 43.5 Å². The molecule has 2 N–H and O–H groups in total. The van der Waals surface area contributed by atoms with Crippen LogP contribution in [-0.4, -0.2) is 35.0 Å². The van der Waals surface area contributed by atoms with Gasteiger partial charge in [-0.1, -0.05) is 6.92 Å². The van der Waals surface area contributed by atoms with E-state index >= 15 is 0 Å². The van der Waals surface area contributed by atoms with Gasteiger partial charge in [-0.25, -0.2) is 17.2 Å². The second-order valence-electron chi connectivity index (χ2n) is 6.36. The highest BCUT2D eigenvalue weighted by Gasteiger charge is 2.29. The van der Waals surface area contributed by atoms with Crippen LogP contribution in [0.2, 0.25) is 0 Å². The fraction of sp³-hybridized carbons (Fsp3) is 0.412. The smallest absolute Gasteiger partial charge is 0.280 e. The number of halogens is 2. The minimum Gasteiger partial charge on any atom is -0.506 e. The molecular formula is C17H19F2N3O4S. The Morgan fingerprint density at radius 3 is 2.67 bits per heavy atom. The predicted molar refractivity (Wildman–Crippen MR) is 93.6 cm³/mol. The van der Waals surface area contributed by atoms with E-state index in [1.807, 2.05) is 0 Å². The summed E-state index contributed by atoms with van der Waals surface area (Å²) in [6.45, 7) is 0.998. The van der Waals surface area contributed by atoms with Crippen LogP contribution in [-0.2, 0) is 21.2 Å². The van der Waals surface area contributed by atoms with Crippen molar-refractivity contribution in [1.82, 2.24) is 9.78 Å². The molecule has 1 aromatic carbocycles. The Morgan fingerprint density at radius 1 is 1.37 bits per heavy atom. The molecule has 0 spiro atoms. The van der Waals surface area contributed by atoms with Gasteiger partial charge in [-0.05, 0) is 37.1 Å². The molecular weight excluding hydrogens is 380 g/mol. The third kappa shape index (κ3) is 4.26. The average molecular weight is 399 g/mol. The van der Waals surface area contributed by atoms with Crippen molar-refractivity contribution in [2.45, 2.75) is 43.5 Å². The largest absolute Gasteiger partial charge is 0.506 e. The number of aromatic hydroxyl groups is 1. The van der Waals surface area contributed by atoms with Crippen LogP contribution in [0.4, 0.5) is 14.5 Å². The highest BCUT2D eigenvalue weighted by Crippen LogP contribution is 2.40. The third-order valence-corrected chi connectivity index (χ3v) is 6.06. The summed E-state index contributed by atoms with van der Waals surface area (Å²) in [7, 11) is -3.53. The molecule has 1 aliphatic rings. The molecule has 0 radical (unpaired) electrons. The standard InChI is InChI=1S/C17H19F2N3O4S/c1-2-27(25,26)11-5-6-15(23)13(7-11)20-16(24)9-22-14(17(18)19)8-12(21-22)10-3-4-10/h5-8,10,17,23H,2-4,9H2,1H3,(H,20,24). The first-order chi connectivity index (χ1) is 12.7. The van der Waals surface area contributed by atoms with Crippen LogP contribution < -0.4 is 5.32 Å². The Morgan fingerprint density at radius 2 is 2.07 bits per heavy atom. The number of hydrogen-bond donors (Lipinski definition) is 2. The van der Waals surface area contributed by atoms with Crippen molar-refractivity contribution in [2.24, 2.45) is 0 Å². The first-order valence-corrected chi connectivity index (χ1v) is 10.1. The number of phenols is 1. The second kappa shape index (κ2) is 7.26. The van der Waals surface area contributed by atoms with Gasteiger partial charge in [0.1, 0.15) is 18.0 Å². The topological polar surface area (TPSA) is 101 Å². The monoisotopic (exact) mass is 399 g/mol. The minimum absolute atomic E-state index is 0.0542. The predicted octanol–water partition coefficient (Wildman–Crippen LogP) is 2.84. The fourth-order valence-electron chi connectivity index (χ4n) is 2.63. The quantitative estimate of drug-likeness (QED) is 0.697. The van der Waals surface area contributed by atoms with E-state index in [1.54, 1.807) is 0 Å². The number of nitrogens with zero attached hydrogens (tertiary/aromatic N) is 2. The van der Waals surface area contributed by atoms with Gasteiger partial charge in [0.25, 0.3) is 6.43 Å². The van der Waals surface area contributed by atoms with Crippen LogP contribution in [0, 0.1) is 0 Å². The summed E-state index contributed by atoms with van der Waals surface area (Å²) in [5.41, 5.74) is 0.0817. The fourth-order valence-corrected chi connectivity index (χ4v) is 3.54. The van der Waals surface area contributed by atoms with Gasteiger partial charge in [0, 0.05) is 5.92 Å². The minimum atomic E-state index is -3.53. The average Bonchev–Trinajstić information content (AvgIpc) is 3.37. The van der Waals surface area contributed by atoms with Gasteiger partial charge in [0.15, 0.2) is 9.84 Å². The molecule has 0 atom stereocenters. The molecule has 0 unspecified atom stereocenters. The van der Waals surface area contributed by atoms with Crippen LogP contribution >= 0.6 is 0 Å². The molecule has 0 bridgehead atoms. The lowest BCUT2D eigenvalue weighted by molar-refractivity contribution is -0.117. The van der Waals surface area contributed by atoms with Crippen LogP contribution in [0.15, 0.2) is 29.2 Å². The summed E-state index contributed by atoms with van der Waals surface area (Å²) in [5, 5.41) is 16.3. The van der Waals surface area contributed by atoms with Crippen LogP contribution in [0.5, 0.6) is 5.75 Å². The van der Waals surface area contributed by atoms with Crippen molar-refractivity contribution >= 4 is 21.4 Å². The Labute approximate surface area is 154 Å². The van der Waals surface area contributed by atoms with Crippen molar-refractivity contribution in [2.75, 3.05) is 11.1 Å². The normalized spacial score (nSPS) is 14.5. The summed E-state index contributed by atoms with van der Waals surface area (Å²) >= 11 is 0. The molecule has 0 saturated heterocycles. The highest BCUT2D eigenvalue weighted by molar-refractivity contribution is 7.91. The molecule has 1 saturated carbocycles. The number of amides is 1. The lowest BCUT2D eigenvalue weighted by Crippen LogP contribution is -2.21. The van der Waals surface area contributed by atoms with Gasteiger partial charge in [-0.3, -0.25) is 9.48 Å². The van der Waals surface area contributed by atoms with E-state index in [0.29, 0.717) is 5.69 Å². The first kappa shape index (κ1) is 19.3. The Bertz CT molecular complexity index is 969. The molecule has 1 heterocycles. The lowest BCUT2D eigenvalue weighted by atomic mass is 10.2. The van der Waals surface area contributed by atoms with Gasteiger partial charge in [0.2, 0.25) is 5.91 Å².